The lowest BCUT2D eigenvalue weighted by Crippen LogP contribution is -2.23. The third-order valence-electron chi connectivity index (χ3n) is 5.17. The molecule has 32 heavy (non-hydrogen) atoms. The molecule has 8 heteroatoms. The van der Waals surface area contributed by atoms with Crippen molar-refractivity contribution in [3.63, 3.8) is 0 Å². The van der Waals surface area contributed by atoms with Crippen molar-refractivity contribution >= 4 is 44.5 Å². The first kappa shape index (κ1) is 20.8. The van der Waals surface area contributed by atoms with Crippen molar-refractivity contribution in [2.24, 2.45) is 10.1 Å². The lowest BCUT2D eigenvalue weighted by Gasteiger charge is -2.22. The van der Waals surface area contributed by atoms with Crippen molar-refractivity contribution in [1.82, 2.24) is 5.01 Å². The summed E-state index contributed by atoms with van der Waals surface area (Å²) in [5.74, 6) is 1.84. The van der Waals surface area contributed by atoms with E-state index in [2.05, 4.69) is 20.9 Å². The summed E-state index contributed by atoms with van der Waals surface area (Å²) in [6.45, 7) is 0. The Hall–Kier alpha value is -3.10. The van der Waals surface area contributed by atoms with E-state index in [9.17, 15) is 9.90 Å². The predicted octanol–water partition coefficient (Wildman–Crippen LogP) is 5.73. The van der Waals surface area contributed by atoms with Crippen molar-refractivity contribution in [3.05, 3.63) is 88.4 Å². The van der Waals surface area contributed by atoms with E-state index in [4.69, 9.17) is 9.84 Å². The van der Waals surface area contributed by atoms with Crippen LogP contribution in [0.25, 0.3) is 0 Å². The van der Waals surface area contributed by atoms with Crippen LogP contribution in [0.1, 0.15) is 23.6 Å². The van der Waals surface area contributed by atoms with Gasteiger partial charge in [-0.1, -0.05) is 36.0 Å². The molecule has 2 aliphatic heterocycles. The van der Waals surface area contributed by atoms with E-state index >= 15 is 0 Å². The average Bonchev–Trinajstić information content (AvgIpc) is 3.43. The second-order valence-corrected chi connectivity index (χ2v) is 9.14. The van der Waals surface area contributed by atoms with Gasteiger partial charge < -0.3 is 9.84 Å². The topological polar surface area (TPSA) is 74.5 Å². The number of halogens is 1. The van der Waals surface area contributed by atoms with Crippen LogP contribution in [0, 0.1) is 0 Å². The molecule has 1 amide bonds. The Labute approximate surface area is 197 Å². The summed E-state index contributed by atoms with van der Waals surface area (Å²) in [6, 6.07) is 22.7. The molecular weight excluding hydrogens is 490 g/mol. The number of aromatic hydroxyl groups is 1. The van der Waals surface area contributed by atoms with E-state index in [1.165, 1.54) is 11.8 Å². The van der Waals surface area contributed by atoms with E-state index in [0.29, 0.717) is 21.8 Å². The summed E-state index contributed by atoms with van der Waals surface area (Å²) in [4.78, 5) is 15.9. The van der Waals surface area contributed by atoms with Crippen LogP contribution in [0.5, 0.6) is 17.2 Å². The predicted molar refractivity (Wildman–Crippen MR) is 129 cm³/mol. The molecule has 1 atom stereocenters. The Morgan fingerprint density at radius 1 is 1.03 bits per heavy atom. The molecule has 1 unspecified atom stereocenters. The number of amides is 1. The van der Waals surface area contributed by atoms with Gasteiger partial charge in [0.2, 0.25) is 0 Å². The number of carbonyl (C=O) groups excluding carboxylic acids is 1. The number of phenolic OH excluding ortho intramolecular Hbond substituents is 1. The third-order valence-corrected chi connectivity index (χ3v) is 6.77. The van der Waals surface area contributed by atoms with Crippen LogP contribution in [0.2, 0.25) is 0 Å². The average molecular weight is 508 g/mol. The first-order valence-corrected chi connectivity index (χ1v) is 11.8. The van der Waals surface area contributed by atoms with Crippen LogP contribution in [-0.2, 0) is 4.79 Å². The molecule has 3 aromatic carbocycles. The number of nitrogens with zero attached hydrogens (tertiary/aromatic N) is 3. The Bertz CT molecular complexity index is 1230. The van der Waals surface area contributed by atoms with Crippen molar-refractivity contribution < 1.29 is 14.6 Å². The van der Waals surface area contributed by atoms with E-state index < -0.39 is 0 Å². The summed E-state index contributed by atoms with van der Waals surface area (Å²) in [5.41, 5.74) is 2.75. The van der Waals surface area contributed by atoms with Crippen molar-refractivity contribution in [1.29, 1.82) is 0 Å². The summed E-state index contributed by atoms with van der Waals surface area (Å²) in [5, 5.41) is 17.4. The lowest BCUT2D eigenvalue weighted by molar-refractivity contribution is -0.115. The van der Waals surface area contributed by atoms with Crippen molar-refractivity contribution in [2.45, 2.75) is 12.5 Å². The second kappa shape index (κ2) is 8.80. The summed E-state index contributed by atoms with van der Waals surface area (Å²) < 4.78 is 6.51. The fourth-order valence-corrected chi connectivity index (χ4v) is 4.64. The van der Waals surface area contributed by atoms with Crippen LogP contribution >= 0.6 is 27.7 Å². The fourth-order valence-electron chi connectivity index (χ4n) is 3.61. The summed E-state index contributed by atoms with van der Waals surface area (Å²) in [6.07, 6.45) is 0.619. The maximum absolute atomic E-state index is 11.7. The SMILES string of the molecule is O=C1CSC(N2N=C(c3ccc(Oc4ccccc4)cc3)CC2c2ccc(Br)c(O)c2)=N1. The third kappa shape index (κ3) is 4.28. The van der Waals surface area contributed by atoms with Gasteiger partial charge in [0.25, 0.3) is 5.91 Å². The zero-order valence-corrected chi connectivity index (χ0v) is 19.2. The fraction of sp³-hybridized carbons (Fsp3) is 0.125. The van der Waals surface area contributed by atoms with Crippen molar-refractivity contribution in [2.75, 3.05) is 5.75 Å². The number of hydrazone groups is 1. The number of ether oxygens (including phenoxy) is 1. The number of hydrogen-bond acceptors (Lipinski definition) is 6. The molecule has 0 aliphatic carbocycles. The molecule has 0 fully saturated rings. The molecule has 160 valence electrons. The minimum atomic E-state index is -0.165. The number of phenols is 1. The summed E-state index contributed by atoms with van der Waals surface area (Å²) in [7, 11) is 0. The number of hydrogen-bond donors (Lipinski definition) is 1. The van der Waals surface area contributed by atoms with Crippen molar-refractivity contribution in [3.8, 4) is 17.2 Å². The summed E-state index contributed by atoms with van der Waals surface area (Å²) >= 11 is 4.71. The Balaban J connectivity index is 1.42. The highest BCUT2D eigenvalue weighted by molar-refractivity contribution is 9.10. The molecule has 0 bridgehead atoms. The molecular formula is C24H18BrN3O3S. The van der Waals surface area contributed by atoms with E-state index in [1.807, 2.05) is 66.7 Å². The van der Waals surface area contributed by atoms with Gasteiger partial charge in [-0.15, -0.1) is 0 Å². The lowest BCUT2D eigenvalue weighted by atomic mass is 9.98. The number of para-hydroxylation sites is 1. The van der Waals surface area contributed by atoms with Gasteiger partial charge in [0, 0.05) is 6.42 Å². The van der Waals surface area contributed by atoms with Gasteiger partial charge in [-0.2, -0.15) is 10.1 Å². The molecule has 0 saturated heterocycles. The number of benzene rings is 3. The number of amidine groups is 1. The van der Waals surface area contributed by atoms with Gasteiger partial charge in [0.15, 0.2) is 5.17 Å². The van der Waals surface area contributed by atoms with Gasteiger partial charge in [-0.05, 0) is 75.6 Å². The molecule has 0 saturated carbocycles. The molecule has 0 radical (unpaired) electrons. The zero-order valence-electron chi connectivity index (χ0n) is 16.8. The van der Waals surface area contributed by atoms with Gasteiger partial charge in [0.05, 0.1) is 22.0 Å². The Morgan fingerprint density at radius 2 is 1.78 bits per heavy atom. The van der Waals surface area contributed by atoms with Crippen LogP contribution in [0.4, 0.5) is 0 Å². The quantitative estimate of drug-likeness (QED) is 0.488. The number of thioether (sulfide) groups is 1. The molecule has 5 rings (SSSR count). The minimum Gasteiger partial charge on any atom is -0.507 e. The maximum Gasteiger partial charge on any atom is 0.258 e. The second-order valence-electron chi connectivity index (χ2n) is 7.34. The van der Waals surface area contributed by atoms with E-state index in [-0.39, 0.29) is 17.7 Å². The highest BCUT2D eigenvalue weighted by atomic mass is 79.9. The zero-order chi connectivity index (χ0) is 22.1. The van der Waals surface area contributed by atoms with Gasteiger partial charge in [-0.25, -0.2) is 5.01 Å². The Kier molecular flexibility index (Phi) is 5.71. The van der Waals surface area contributed by atoms with Crippen LogP contribution in [0.15, 0.2) is 87.4 Å². The monoisotopic (exact) mass is 507 g/mol. The molecule has 1 N–H and O–H groups in total. The van der Waals surface area contributed by atoms with Crippen LogP contribution in [0.3, 0.4) is 0 Å². The van der Waals surface area contributed by atoms with E-state index in [1.54, 1.807) is 11.1 Å². The number of rotatable bonds is 4. The largest absolute Gasteiger partial charge is 0.507 e. The van der Waals surface area contributed by atoms with Gasteiger partial charge in [-0.3, -0.25) is 4.79 Å². The minimum absolute atomic E-state index is 0.159. The normalized spacial score (nSPS) is 18.0. The first-order valence-electron chi connectivity index (χ1n) is 9.99. The van der Waals surface area contributed by atoms with E-state index in [0.717, 1.165) is 28.3 Å². The maximum atomic E-state index is 11.7. The number of carbonyl (C=O) groups is 1. The smallest absolute Gasteiger partial charge is 0.258 e. The van der Waals surface area contributed by atoms with Crippen LogP contribution in [-0.4, -0.2) is 32.7 Å². The molecule has 0 spiro atoms. The highest BCUT2D eigenvalue weighted by Gasteiger charge is 2.34. The number of aliphatic imine (C=N–C) groups is 1. The molecule has 2 aliphatic rings. The van der Waals surface area contributed by atoms with Crippen LogP contribution < -0.4 is 4.74 Å². The molecule has 2 heterocycles. The Morgan fingerprint density at radius 3 is 2.47 bits per heavy atom. The molecule has 3 aromatic rings. The highest BCUT2D eigenvalue weighted by Crippen LogP contribution is 2.38. The first-order chi connectivity index (χ1) is 15.6. The molecule has 0 aromatic heterocycles. The van der Waals surface area contributed by atoms with Gasteiger partial charge >= 0.3 is 0 Å². The van der Waals surface area contributed by atoms with Gasteiger partial charge in [0.1, 0.15) is 17.2 Å². The standard InChI is InChI=1S/C24H18BrN3O3S/c25-19-11-8-16(12-22(19)29)21-13-20(27-28(21)24-26-23(30)14-32-24)15-6-9-18(10-7-15)31-17-4-2-1-3-5-17/h1-12,21,29H,13-14H2. The molecule has 6 nitrogen and oxygen atoms in total.